The molecule has 0 aliphatic heterocycles. The molecule has 0 saturated heterocycles. The van der Waals surface area contributed by atoms with Crippen LogP contribution in [0.5, 0.6) is 0 Å². The van der Waals surface area contributed by atoms with E-state index in [1.54, 1.807) is 12.1 Å². The average Bonchev–Trinajstić information content (AvgIpc) is 3.19. The van der Waals surface area contributed by atoms with Gasteiger partial charge in [0.25, 0.3) is 5.91 Å². The molecule has 1 heterocycles. The number of hydrogen-bond acceptors (Lipinski definition) is 3. The molecule has 122 valence electrons. The monoisotopic (exact) mass is 331 g/mol. The largest absolute Gasteiger partial charge is 0.455 e. The maximum atomic E-state index is 12.4. The minimum Gasteiger partial charge on any atom is -0.455 e. The number of benzene rings is 1. The molecule has 1 fully saturated rings. The van der Waals surface area contributed by atoms with Gasteiger partial charge in [-0.1, -0.05) is 31.0 Å². The van der Waals surface area contributed by atoms with E-state index in [0.717, 1.165) is 23.3 Å². The van der Waals surface area contributed by atoms with Crippen molar-refractivity contribution in [1.82, 2.24) is 5.32 Å². The predicted octanol–water partition coefficient (Wildman–Crippen LogP) is 3.57. The third-order valence-corrected chi connectivity index (χ3v) is 5.68. The highest BCUT2D eigenvalue weighted by Gasteiger charge is 2.20. The van der Waals surface area contributed by atoms with Crippen molar-refractivity contribution in [2.24, 2.45) is 0 Å². The summed E-state index contributed by atoms with van der Waals surface area (Å²) in [6.07, 6.45) is 4.42. The smallest absolute Gasteiger partial charge is 0.287 e. The van der Waals surface area contributed by atoms with Crippen LogP contribution in [0.3, 0.4) is 0 Å². The van der Waals surface area contributed by atoms with Crippen molar-refractivity contribution in [2.45, 2.75) is 49.3 Å². The van der Waals surface area contributed by atoms with Gasteiger partial charge in [0.15, 0.2) is 5.76 Å². The molecule has 1 atom stereocenters. The first-order valence-electron chi connectivity index (χ1n) is 7.97. The molecule has 0 radical (unpaired) electrons. The third kappa shape index (κ3) is 3.91. The molecular formula is C18H21NO3S. The quantitative estimate of drug-likeness (QED) is 0.911. The third-order valence-electron chi connectivity index (χ3n) is 4.19. The molecule has 4 nitrogen and oxygen atoms in total. The van der Waals surface area contributed by atoms with Gasteiger partial charge >= 0.3 is 0 Å². The number of nitrogens with one attached hydrogen (secondary N) is 1. The van der Waals surface area contributed by atoms with Gasteiger partial charge in [-0.15, -0.1) is 0 Å². The molecule has 1 saturated carbocycles. The standard InChI is InChI=1S/C18H21NO3S/c1-13-6-2-5-9-17(13)23(21)12-15-10-11-16(22-15)18(20)19-14-7-3-4-8-14/h2,5-6,9-11,14H,3-4,7-8,12H2,1H3,(H,19,20)/t23-/m0/s1. The Morgan fingerprint density at radius 3 is 2.70 bits per heavy atom. The van der Waals surface area contributed by atoms with Crippen molar-refractivity contribution in [1.29, 1.82) is 0 Å². The highest BCUT2D eigenvalue weighted by molar-refractivity contribution is 7.84. The van der Waals surface area contributed by atoms with Crippen molar-refractivity contribution >= 4 is 16.7 Å². The summed E-state index contributed by atoms with van der Waals surface area (Å²) >= 11 is 0. The van der Waals surface area contributed by atoms with Crippen LogP contribution < -0.4 is 5.32 Å². The van der Waals surface area contributed by atoms with Gasteiger partial charge in [-0.25, -0.2) is 0 Å². The van der Waals surface area contributed by atoms with E-state index < -0.39 is 10.8 Å². The van der Waals surface area contributed by atoms with Crippen LogP contribution >= 0.6 is 0 Å². The number of hydrogen-bond donors (Lipinski definition) is 1. The second-order valence-corrected chi connectivity index (χ2v) is 7.40. The number of carbonyl (C=O) groups is 1. The van der Waals surface area contributed by atoms with Gasteiger partial charge in [0.05, 0.1) is 16.6 Å². The average molecular weight is 331 g/mol. The molecule has 2 aromatic rings. The summed E-state index contributed by atoms with van der Waals surface area (Å²) in [5.74, 6) is 0.975. The molecule has 0 unspecified atom stereocenters. The lowest BCUT2D eigenvalue weighted by atomic mass is 10.2. The van der Waals surface area contributed by atoms with Gasteiger partial charge in [-0.05, 0) is 43.5 Å². The zero-order valence-electron chi connectivity index (χ0n) is 13.2. The Hall–Kier alpha value is -1.88. The van der Waals surface area contributed by atoms with Crippen LogP contribution in [0.15, 0.2) is 45.7 Å². The Kier molecular flexibility index (Phi) is 4.96. The molecular weight excluding hydrogens is 310 g/mol. The van der Waals surface area contributed by atoms with Gasteiger partial charge in [0.1, 0.15) is 5.76 Å². The number of rotatable bonds is 5. The van der Waals surface area contributed by atoms with Crippen LogP contribution in [0, 0.1) is 6.92 Å². The molecule has 0 spiro atoms. The zero-order valence-corrected chi connectivity index (χ0v) is 14.0. The van der Waals surface area contributed by atoms with Gasteiger partial charge in [-0.2, -0.15) is 0 Å². The first kappa shape index (κ1) is 16.0. The van der Waals surface area contributed by atoms with Crippen molar-refractivity contribution in [2.75, 3.05) is 0 Å². The molecule has 0 bridgehead atoms. The highest BCUT2D eigenvalue weighted by atomic mass is 32.2. The number of amides is 1. The topological polar surface area (TPSA) is 59.3 Å². The summed E-state index contributed by atoms with van der Waals surface area (Å²) in [7, 11) is -1.18. The minimum atomic E-state index is -1.18. The van der Waals surface area contributed by atoms with E-state index in [1.165, 1.54) is 12.8 Å². The van der Waals surface area contributed by atoms with Crippen molar-refractivity contribution in [3.8, 4) is 0 Å². The highest BCUT2D eigenvalue weighted by Crippen LogP contribution is 2.20. The summed E-state index contributed by atoms with van der Waals surface area (Å²) in [5.41, 5.74) is 0.997. The lowest BCUT2D eigenvalue weighted by molar-refractivity contribution is 0.0908. The minimum absolute atomic E-state index is 0.176. The summed E-state index contributed by atoms with van der Waals surface area (Å²) in [5, 5.41) is 2.99. The lowest BCUT2D eigenvalue weighted by Crippen LogP contribution is -2.32. The molecule has 3 rings (SSSR count). The van der Waals surface area contributed by atoms with Crippen LogP contribution in [0.4, 0.5) is 0 Å². The molecule has 1 aliphatic rings. The van der Waals surface area contributed by atoms with E-state index in [-0.39, 0.29) is 17.7 Å². The molecule has 1 aliphatic carbocycles. The molecule has 1 amide bonds. The van der Waals surface area contributed by atoms with Gasteiger partial charge in [0, 0.05) is 10.9 Å². The first-order valence-corrected chi connectivity index (χ1v) is 9.29. The zero-order chi connectivity index (χ0) is 16.2. The maximum Gasteiger partial charge on any atom is 0.287 e. The number of furan rings is 1. The predicted molar refractivity (Wildman–Crippen MR) is 89.7 cm³/mol. The van der Waals surface area contributed by atoms with Gasteiger partial charge in [0.2, 0.25) is 0 Å². The van der Waals surface area contributed by atoms with Crippen LogP contribution in [-0.2, 0) is 16.6 Å². The Labute approximate surface area is 138 Å². The van der Waals surface area contributed by atoms with Crippen LogP contribution in [0.2, 0.25) is 0 Å². The molecule has 1 aromatic carbocycles. The normalized spacial score (nSPS) is 16.4. The maximum absolute atomic E-state index is 12.4. The SMILES string of the molecule is Cc1ccccc1[S@@](=O)Cc1ccc(C(=O)NC2CCCC2)o1. The Morgan fingerprint density at radius 1 is 1.22 bits per heavy atom. The van der Waals surface area contributed by atoms with E-state index in [2.05, 4.69) is 5.32 Å². The van der Waals surface area contributed by atoms with E-state index in [1.807, 2.05) is 31.2 Å². The van der Waals surface area contributed by atoms with E-state index in [4.69, 9.17) is 4.42 Å². The fraction of sp³-hybridized carbons (Fsp3) is 0.389. The van der Waals surface area contributed by atoms with Crippen LogP contribution in [0.1, 0.15) is 47.6 Å². The van der Waals surface area contributed by atoms with E-state index in [0.29, 0.717) is 11.5 Å². The second kappa shape index (κ2) is 7.13. The summed E-state index contributed by atoms with van der Waals surface area (Å²) in [6.45, 7) is 1.94. The lowest BCUT2D eigenvalue weighted by Gasteiger charge is -2.09. The molecule has 23 heavy (non-hydrogen) atoms. The molecule has 1 N–H and O–H groups in total. The Balaban J connectivity index is 1.64. The van der Waals surface area contributed by atoms with E-state index >= 15 is 0 Å². The fourth-order valence-electron chi connectivity index (χ4n) is 2.92. The Morgan fingerprint density at radius 2 is 1.96 bits per heavy atom. The van der Waals surface area contributed by atoms with Crippen molar-refractivity contribution in [3.05, 3.63) is 53.5 Å². The van der Waals surface area contributed by atoms with Crippen LogP contribution in [-0.4, -0.2) is 16.2 Å². The fourth-order valence-corrected chi connectivity index (χ4v) is 4.15. The van der Waals surface area contributed by atoms with Gasteiger partial charge in [-0.3, -0.25) is 9.00 Å². The number of carbonyl (C=O) groups excluding carboxylic acids is 1. The number of aryl methyl sites for hydroxylation is 1. The molecule has 5 heteroatoms. The first-order chi connectivity index (χ1) is 11.1. The summed E-state index contributed by atoms with van der Waals surface area (Å²) in [6, 6.07) is 11.3. The van der Waals surface area contributed by atoms with E-state index in [9.17, 15) is 9.00 Å². The Bertz CT molecular complexity index is 717. The van der Waals surface area contributed by atoms with Crippen molar-refractivity contribution in [3.63, 3.8) is 0 Å². The van der Waals surface area contributed by atoms with Crippen LogP contribution in [0.25, 0.3) is 0 Å². The second-order valence-electron chi connectivity index (χ2n) is 5.98. The summed E-state index contributed by atoms with van der Waals surface area (Å²) in [4.78, 5) is 12.9. The summed E-state index contributed by atoms with van der Waals surface area (Å²) < 4.78 is 18.0. The van der Waals surface area contributed by atoms with Crippen molar-refractivity contribution < 1.29 is 13.4 Å². The van der Waals surface area contributed by atoms with Gasteiger partial charge < -0.3 is 9.73 Å². The molecule has 1 aromatic heterocycles.